The smallest absolute Gasteiger partial charge is 0.235 e. The van der Waals surface area contributed by atoms with Gasteiger partial charge in [-0.1, -0.05) is 58.4 Å². The average molecular weight is 315 g/mol. The molecule has 0 aliphatic carbocycles. The van der Waals surface area contributed by atoms with E-state index in [1.54, 1.807) is 6.92 Å². The second-order valence-corrected chi connectivity index (χ2v) is 4.13. The van der Waals surface area contributed by atoms with Gasteiger partial charge in [-0.2, -0.15) is 0 Å². The maximum Gasteiger partial charge on any atom is 0.235 e. The molecule has 0 aromatic heterocycles. The van der Waals surface area contributed by atoms with Gasteiger partial charge >= 0.3 is 0 Å². The zero-order chi connectivity index (χ0) is 18.0. The van der Waals surface area contributed by atoms with Crippen molar-refractivity contribution in [3.8, 4) is 0 Å². The number of Topliss-reactive ketones (excluding diaryl/α,β-unsaturated/α-hetero) is 1. The number of rotatable bonds is 4. The molecule has 1 rings (SSSR count). The molecule has 0 saturated heterocycles. The van der Waals surface area contributed by atoms with Crippen molar-refractivity contribution in [2.75, 3.05) is 0 Å². The molecule has 0 saturated carbocycles. The number of hydrogen-bond acceptors (Lipinski definition) is 2. The van der Waals surface area contributed by atoms with E-state index >= 15 is 0 Å². The molecule has 0 fully saturated rings. The van der Waals surface area contributed by atoms with E-state index in [4.69, 9.17) is 5.41 Å². The number of ketones is 1. The van der Waals surface area contributed by atoms with Crippen LogP contribution in [0.15, 0.2) is 24.3 Å². The Bertz CT molecular complexity index is 359. The summed E-state index contributed by atoms with van der Waals surface area (Å²) >= 11 is 0. The van der Waals surface area contributed by atoms with E-state index < -0.39 is 6.43 Å². The normalized spacial score (nSPS) is 8.41. The zero-order valence-corrected chi connectivity index (χ0v) is 14.7. The van der Waals surface area contributed by atoms with Crippen molar-refractivity contribution >= 4 is 12.0 Å². The van der Waals surface area contributed by atoms with E-state index in [1.165, 1.54) is 11.8 Å². The molecule has 0 bridgehead atoms. The van der Waals surface area contributed by atoms with Crippen LogP contribution >= 0.6 is 0 Å². The molecule has 0 unspecified atom stereocenters. The third-order valence-corrected chi connectivity index (χ3v) is 2.10. The molecule has 1 aromatic carbocycles. The van der Waals surface area contributed by atoms with E-state index in [1.807, 2.05) is 45.0 Å². The molecular weight excluding hydrogens is 284 g/mol. The SMILES string of the molecule is CC.CC(F)F.CCC=N.CCCc1ccc(C(C)=O)cc1. The van der Waals surface area contributed by atoms with Crippen molar-refractivity contribution in [3.05, 3.63) is 35.4 Å². The van der Waals surface area contributed by atoms with E-state index in [0.717, 1.165) is 31.7 Å². The first-order valence-electron chi connectivity index (χ1n) is 7.75. The Kier molecular flexibility index (Phi) is 22.4. The van der Waals surface area contributed by atoms with Gasteiger partial charge in [0.2, 0.25) is 6.43 Å². The lowest BCUT2D eigenvalue weighted by Crippen LogP contribution is -1.91. The fraction of sp³-hybridized carbons (Fsp3) is 0.556. The second-order valence-electron chi connectivity index (χ2n) is 4.13. The number of hydrogen-bond donors (Lipinski definition) is 1. The first kappa shape index (κ1) is 25.4. The number of benzene rings is 1. The summed E-state index contributed by atoms with van der Waals surface area (Å²) in [6.07, 6.45) is 2.32. The third kappa shape index (κ3) is 20.7. The Labute approximate surface area is 134 Å². The molecular formula is C18H31F2NO. The van der Waals surface area contributed by atoms with Gasteiger partial charge in [-0.05, 0) is 38.5 Å². The largest absolute Gasteiger partial charge is 0.313 e. The molecule has 0 heterocycles. The van der Waals surface area contributed by atoms with Crippen LogP contribution in [0.25, 0.3) is 0 Å². The zero-order valence-electron chi connectivity index (χ0n) is 14.7. The first-order valence-corrected chi connectivity index (χ1v) is 7.75. The van der Waals surface area contributed by atoms with Crippen LogP contribution in [0.4, 0.5) is 8.78 Å². The van der Waals surface area contributed by atoms with E-state index in [0.29, 0.717) is 0 Å². The maximum absolute atomic E-state index is 10.9. The van der Waals surface area contributed by atoms with E-state index in [9.17, 15) is 13.6 Å². The van der Waals surface area contributed by atoms with Crippen LogP contribution in [-0.2, 0) is 6.42 Å². The Balaban J connectivity index is -0.000000301. The summed E-state index contributed by atoms with van der Waals surface area (Å²) in [5.41, 5.74) is 2.11. The third-order valence-electron chi connectivity index (χ3n) is 2.10. The molecule has 0 radical (unpaired) electrons. The number of nitrogens with one attached hydrogen (secondary N) is 1. The summed E-state index contributed by atoms with van der Waals surface area (Å²) in [5.74, 6) is 0.137. The Morgan fingerprint density at radius 3 is 1.77 bits per heavy atom. The van der Waals surface area contributed by atoms with Crippen molar-refractivity contribution in [1.82, 2.24) is 0 Å². The van der Waals surface area contributed by atoms with E-state index in [-0.39, 0.29) is 5.78 Å². The summed E-state index contributed by atoms with van der Waals surface area (Å²) in [6, 6.07) is 7.85. The van der Waals surface area contributed by atoms with Crippen molar-refractivity contribution in [3.63, 3.8) is 0 Å². The Hall–Kier alpha value is -1.58. The molecule has 22 heavy (non-hydrogen) atoms. The molecule has 4 heteroatoms. The molecule has 0 amide bonds. The molecule has 2 nitrogen and oxygen atoms in total. The molecule has 128 valence electrons. The highest BCUT2D eigenvalue weighted by Gasteiger charge is 1.97. The number of carbonyl (C=O) groups excluding carboxylic acids is 1. The molecule has 0 aliphatic heterocycles. The van der Waals surface area contributed by atoms with Gasteiger partial charge in [0, 0.05) is 5.56 Å². The molecule has 0 atom stereocenters. The van der Waals surface area contributed by atoms with Crippen molar-refractivity contribution < 1.29 is 13.6 Å². The van der Waals surface area contributed by atoms with Crippen LogP contribution in [0, 0.1) is 5.41 Å². The minimum Gasteiger partial charge on any atom is -0.313 e. The predicted octanol–water partition coefficient (Wildman–Crippen LogP) is 6.19. The number of alkyl halides is 2. The quantitative estimate of drug-likeness (QED) is 0.522. The van der Waals surface area contributed by atoms with Gasteiger partial charge < -0.3 is 5.41 Å². The minimum absolute atomic E-state index is 0.137. The topological polar surface area (TPSA) is 40.9 Å². The highest BCUT2D eigenvalue weighted by Crippen LogP contribution is 2.06. The molecule has 0 spiro atoms. The van der Waals surface area contributed by atoms with Gasteiger partial charge in [-0.3, -0.25) is 4.79 Å². The van der Waals surface area contributed by atoms with Gasteiger partial charge in [0.05, 0.1) is 0 Å². The fourth-order valence-electron chi connectivity index (χ4n) is 1.19. The fourth-order valence-corrected chi connectivity index (χ4v) is 1.19. The Morgan fingerprint density at radius 1 is 1.18 bits per heavy atom. The predicted molar refractivity (Wildman–Crippen MR) is 92.5 cm³/mol. The van der Waals surface area contributed by atoms with Gasteiger partial charge in [0.15, 0.2) is 5.78 Å². The summed E-state index contributed by atoms with van der Waals surface area (Å²) < 4.78 is 20.7. The van der Waals surface area contributed by atoms with E-state index in [2.05, 4.69) is 6.92 Å². The molecule has 0 aliphatic rings. The number of halogens is 2. The summed E-state index contributed by atoms with van der Waals surface area (Å²) in [5, 5.41) is 6.33. The lowest BCUT2D eigenvalue weighted by atomic mass is 10.1. The Morgan fingerprint density at radius 2 is 1.55 bits per heavy atom. The van der Waals surface area contributed by atoms with Gasteiger partial charge in [-0.15, -0.1) is 0 Å². The van der Waals surface area contributed by atoms with Crippen LogP contribution in [-0.4, -0.2) is 18.4 Å². The highest BCUT2D eigenvalue weighted by molar-refractivity contribution is 5.93. The average Bonchev–Trinajstić information content (AvgIpc) is 2.50. The van der Waals surface area contributed by atoms with Crippen LogP contribution in [0.3, 0.4) is 0 Å². The van der Waals surface area contributed by atoms with Gasteiger partial charge in [-0.25, -0.2) is 8.78 Å². The standard InChI is InChI=1S/C11H14O.C3H7N.C2H4F2.C2H6/c1-3-4-10-5-7-11(8-6-10)9(2)12;1-2-3-4;1-2(3)4;1-2/h5-8H,3-4H2,1-2H3;3-4H,2H2,1H3;2H,1H3;1-2H3. The number of carbonyl (C=O) groups is 1. The maximum atomic E-state index is 10.9. The summed E-state index contributed by atoms with van der Waals surface area (Å²) in [7, 11) is 0. The first-order chi connectivity index (χ1) is 10.4. The van der Waals surface area contributed by atoms with Crippen molar-refractivity contribution in [2.24, 2.45) is 0 Å². The minimum atomic E-state index is -2.17. The lowest BCUT2D eigenvalue weighted by Gasteiger charge is -1.99. The number of aryl methyl sites for hydroxylation is 1. The second kappa shape index (κ2) is 19.4. The van der Waals surface area contributed by atoms with Gasteiger partial charge in [0.1, 0.15) is 0 Å². The van der Waals surface area contributed by atoms with Gasteiger partial charge in [0.25, 0.3) is 0 Å². The monoisotopic (exact) mass is 315 g/mol. The highest BCUT2D eigenvalue weighted by atomic mass is 19.3. The van der Waals surface area contributed by atoms with Crippen molar-refractivity contribution in [1.29, 1.82) is 5.41 Å². The molecule has 1 aromatic rings. The lowest BCUT2D eigenvalue weighted by molar-refractivity contribution is 0.101. The summed E-state index contributed by atoms with van der Waals surface area (Å²) in [4.78, 5) is 10.9. The van der Waals surface area contributed by atoms with Crippen molar-refractivity contribution in [2.45, 2.75) is 67.2 Å². The van der Waals surface area contributed by atoms with Crippen LogP contribution < -0.4 is 0 Å². The summed E-state index contributed by atoms with van der Waals surface area (Å²) in [6.45, 7) is 10.5. The van der Waals surface area contributed by atoms with Crippen LogP contribution in [0.2, 0.25) is 0 Å². The molecule has 1 N–H and O–H groups in total. The van der Waals surface area contributed by atoms with Crippen LogP contribution in [0.5, 0.6) is 0 Å². The van der Waals surface area contributed by atoms with Crippen LogP contribution in [0.1, 0.15) is 70.3 Å².